The lowest BCUT2D eigenvalue weighted by molar-refractivity contribution is -0.564. The predicted molar refractivity (Wildman–Crippen MR) is 63.2 cm³/mol. The number of benzene rings is 1. The van der Waals surface area contributed by atoms with Crippen LogP contribution in [0.25, 0.3) is 0 Å². The van der Waals surface area contributed by atoms with Gasteiger partial charge in [-0.2, -0.15) is 4.58 Å². The summed E-state index contributed by atoms with van der Waals surface area (Å²) in [5, 5.41) is 0. The lowest BCUT2D eigenvalue weighted by Crippen LogP contribution is -2.34. The van der Waals surface area contributed by atoms with E-state index in [4.69, 9.17) is 9.47 Å². The smallest absolute Gasteiger partial charge is 0.375 e. The van der Waals surface area contributed by atoms with Crippen molar-refractivity contribution in [2.45, 2.75) is 19.4 Å². The number of rotatable bonds is 3. The molecule has 0 radical (unpaired) electrons. The lowest BCUT2D eigenvalue weighted by Gasteiger charge is -2.09. The van der Waals surface area contributed by atoms with Crippen LogP contribution in [0.2, 0.25) is 0 Å². The van der Waals surface area contributed by atoms with E-state index in [1.165, 1.54) is 0 Å². The number of likely N-dealkylation sites (N-methyl/N-ethyl adjacent to an activating group) is 1. The molecule has 86 valence electrons. The first-order chi connectivity index (χ1) is 7.59. The summed E-state index contributed by atoms with van der Waals surface area (Å²) in [6.07, 6.45) is 0. The molecule has 16 heavy (non-hydrogen) atoms. The van der Waals surface area contributed by atoms with Crippen molar-refractivity contribution in [1.82, 2.24) is 0 Å². The van der Waals surface area contributed by atoms with Crippen molar-refractivity contribution in [3.63, 3.8) is 0 Å². The van der Waals surface area contributed by atoms with Gasteiger partial charge in [0.15, 0.2) is 12.1 Å². The van der Waals surface area contributed by atoms with Gasteiger partial charge in [0.05, 0.1) is 0 Å². The first-order valence-corrected chi connectivity index (χ1v) is 5.50. The molecule has 0 aromatic heterocycles. The van der Waals surface area contributed by atoms with Gasteiger partial charge in [0.2, 0.25) is 6.61 Å². The Morgan fingerprint density at radius 2 is 2.00 bits per heavy atom. The highest BCUT2D eigenvalue weighted by molar-refractivity contribution is 5.73. The van der Waals surface area contributed by atoms with E-state index in [-0.39, 0.29) is 5.54 Å². The molecule has 0 saturated heterocycles. The van der Waals surface area contributed by atoms with Crippen LogP contribution in [0.15, 0.2) is 30.3 Å². The Balaban J connectivity index is 2.00. The van der Waals surface area contributed by atoms with Crippen LogP contribution < -0.4 is 4.74 Å². The summed E-state index contributed by atoms with van der Waals surface area (Å²) in [7, 11) is 2.04. The van der Waals surface area contributed by atoms with E-state index in [1.54, 1.807) is 0 Å². The summed E-state index contributed by atoms with van der Waals surface area (Å²) in [5.41, 5.74) is 0.0649. The highest BCUT2D eigenvalue weighted by Gasteiger charge is 2.39. The van der Waals surface area contributed by atoms with Gasteiger partial charge in [0.25, 0.3) is 0 Å². The molecule has 0 saturated carbocycles. The Bertz CT molecular complexity index is 396. The first kappa shape index (κ1) is 11.0. The lowest BCUT2D eigenvalue weighted by atomic mass is 10.1. The fraction of sp³-hybridized carbons (Fsp3) is 0.462. The van der Waals surface area contributed by atoms with Crippen molar-refractivity contribution in [3.8, 4) is 5.75 Å². The Labute approximate surface area is 96.3 Å². The molecular formula is C13H18NO2+. The summed E-state index contributed by atoms with van der Waals surface area (Å²) in [6, 6.07) is 9.79. The molecule has 0 aliphatic carbocycles. The fourth-order valence-corrected chi connectivity index (χ4v) is 1.59. The first-order valence-electron chi connectivity index (χ1n) is 5.50. The third-order valence-electron chi connectivity index (χ3n) is 2.98. The van der Waals surface area contributed by atoms with Crippen LogP contribution >= 0.6 is 0 Å². The Morgan fingerprint density at radius 1 is 1.31 bits per heavy atom. The largest absolute Gasteiger partial charge is 0.479 e. The van der Waals surface area contributed by atoms with E-state index in [2.05, 4.69) is 18.4 Å². The third kappa shape index (κ3) is 2.18. The number of ether oxygens (including phenoxy) is 2. The minimum atomic E-state index is 0.0649. The normalized spacial score (nSPS) is 18.4. The van der Waals surface area contributed by atoms with Gasteiger partial charge in [0, 0.05) is 13.8 Å². The Morgan fingerprint density at radius 3 is 2.56 bits per heavy atom. The monoisotopic (exact) mass is 220 g/mol. The van der Waals surface area contributed by atoms with E-state index in [1.807, 2.05) is 37.4 Å². The molecule has 1 aromatic rings. The maximum absolute atomic E-state index is 5.65. The quantitative estimate of drug-likeness (QED) is 0.726. The standard InChI is InChI=1S/C13H18NO2/c1-13(2)10-16-12(14(13)3)9-15-11-7-5-4-6-8-11/h4-8H,9-10H2,1-3H3/q+1. The van der Waals surface area contributed by atoms with Crippen LogP contribution in [-0.2, 0) is 4.74 Å². The van der Waals surface area contributed by atoms with Gasteiger partial charge in [-0.1, -0.05) is 18.2 Å². The predicted octanol–water partition coefficient (Wildman–Crippen LogP) is 1.92. The number of hydrogen-bond donors (Lipinski definition) is 0. The molecule has 2 rings (SSSR count). The van der Waals surface area contributed by atoms with E-state index in [0.29, 0.717) is 6.61 Å². The van der Waals surface area contributed by atoms with E-state index in [9.17, 15) is 0 Å². The average molecular weight is 220 g/mol. The van der Waals surface area contributed by atoms with Gasteiger partial charge >= 0.3 is 5.90 Å². The number of para-hydroxylation sites is 1. The van der Waals surface area contributed by atoms with Gasteiger partial charge in [0.1, 0.15) is 12.8 Å². The number of hydrogen-bond acceptors (Lipinski definition) is 2. The zero-order valence-electron chi connectivity index (χ0n) is 10.1. The number of nitrogens with zero attached hydrogens (tertiary/aromatic N) is 1. The van der Waals surface area contributed by atoms with Gasteiger partial charge in [-0.25, -0.2) is 0 Å². The maximum atomic E-state index is 5.65. The van der Waals surface area contributed by atoms with E-state index in [0.717, 1.165) is 18.3 Å². The van der Waals surface area contributed by atoms with Crippen molar-refractivity contribution in [1.29, 1.82) is 0 Å². The molecule has 0 amide bonds. The summed E-state index contributed by atoms with van der Waals surface area (Å²) in [6.45, 7) is 5.52. The van der Waals surface area contributed by atoms with Crippen molar-refractivity contribution in [3.05, 3.63) is 30.3 Å². The minimum Gasteiger partial charge on any atom is -0.479 e. The van der Waals surface area contributed by atoms with Crippen molar-refractivity contribution in [2.24, 2.45) is 0 Å². The van der Waals surface area contributed by atoms with Gasteiger partial charge in [-0.05, 0) is 12.1 Å². The Hall–Kier alpha value is -1.51. The van der Waals surface area contributed by atoms with Gasteiger partial charge in [-0.3, -0.25) is 0 Å². The maximum Gasteiger partial charge on any atom is 0.375 e. The summed E-state index contributed by atoms with van der Waals surface area (Å²) < 4.78 is 13.4. The second-order valence-electron chi connectivity index (χ2n) is 4.66. The van der Waals surface area contributed by atoms with Gasteiger partial charge < -0.3 is 9.47 Å². The molecule has 0 unspecified atom stereocenters. The average Bonchev–Trinajstić information content (AvgIpc) is 2.54. The highest BCUT2D eigenvalue weighted by Crippen LogP contribution is 2.16. The molecule has 1 aliphatic rings. The molecular weight excluding hydrogens is 202 g/mol. The van der Waals surface area contributed by atoms with Crippen LogP contribution in [0.3, 0.4) is 0 Å². The van der Waals surface area contributed by atoms with Crippen LogP contribution in [0, 0.1) is 0 Å². The molecule has 0 fully saturated rings. The van der Waals surface area contributed by atoms with Crippen molar-refractivity contribution in [2.75, 3.05) is 20.3 Å². The summed E-state index contributed by atoms with van der Waals surface area (Å²) >= 11 is 0. The summed E-state index contributed by atoms with van der Waals surface area (Å²) in [5.74, 6) is 1.77. The van der Waals surface area contributed by atoms with Crippen LogP contribution in [0.4, 0.5) is 0 Å². The molecule has 0 N–H and O–H groups in total. The van der Waals surface area contributed by atoms with Gasteiger partial charge in [-0.15, -0.1) is 0 Å². The zero-order valence-corrected chi connectivity index (χ0v) is 10.1. The molecule has 1 aromatic carbocycles. The Kier molecular flexibility index (Phi) is 2.86. The van der Waals surface area contributed by atoms with Crippen molar-refractivity contribution < 1.29 is 14.0 Å². The molecule has 0 bridgehead atoms. The van der Waals surface area contributed by atoms with Crippen LogP contribution in [0.1, 0.15) is 13.8 Å². The van der Waals surface area contributed by atoms with E-state index < -0.39 is 0 Å². The SMILES string of the molecule is C[N+]1=C(COc2ccccc2)OCC1(C)C. The van der Waals surface area contributed by atoms with Crippen molar-refractivity contribution >= 4 is 5.90 Å². The minimum absolute atomic E-state index is 0.0649. The third-order valence-corrected chi connectivity index (χ3v) is 2.98. The second-order valence-corrected chi connectivity index (χ2v) is 4.66. The molecule has 0 atom stereocenters. The molecule has 1 heterocycles. The van der Waals surface area contributed by atoms with Crippen LogP contribution in [-0.4, -0.2) is 36.3 Å². The van der Waals surface area contributed by atoms with E-state index >= 15 is 0 Å². The fourth-order valence-electron chi connectivity index (χ4n) is 1.59. The topological polar surface area (TPSA) is 21.5 Å². The highest BCUT2D eigenvalue weighted by atomic mass is 16.5. The summed E-state index contributed by atoms with van der Waals surface area (Å²) in [4.78, 5) is 0. The molecule has 0 spiro atoms. The molecule has 3 nitrogen and oxygen atoms in total. The zero-order chi connectivity index (χ0) is 11.6. The van der Waals surface area contributed by atoms with Crippen LogP contribution in [0.5, 0.6) is 5.75 Å². The molecule has 3 heteroatoms. The molecule has 1 aliphatic heterocycles. The second kappa shape index (κ2) is 4.16.